The van der Waals surface area contributed by atoms with Gasteiger partial charge in [0.15, 0.2) is 70.5 Å². The largest absolute Gasteiger partial charge is 0.483 e. The molecule has 9 heterocycles. The molecule has 0 aliphatic carbocycles. The fraction of sp³-hybridized carbons (Fsp3) is 0.571. The molecule has 37 nitrogen and oxygen atoms in total. The first-order chi connectivity index (χ1) is 37.4. The predicted octanol–water partition coefficient (Wildman–Crippen LogP) is -5.58. The van der Waals surface area contributed by atoms with Crippen molar-refractivity contribution < 1.29 is 92.7 Å². The van der Waals surface area contributed by atoms with E-state index >= 15 is 4.57 Å². The van der Waals surface area contributed by atoms with Gasteiger partial charge in [-0.3, -0.25) is 42.5 Å². The Bertz CT molecular complexity index is 3350. The van der Waals surface area contributed by atoms with Crippen LogP contribution >= 0.6 is 7.82 Å². The number of fused-ring (bicyclic) bond motifs is 3. The van der Waals surface area contributed by atoms with E-state index in [-0.39, 0.29) is 0 Å². The third-order valence-corrected chi connectivity index (χ3v) is 15.0. The van der Waals surface area contributed by atoms with Crippen LogP contribution in [0.2, 0.25) is 0 Å². The highest BCUT2D eigenvalue weighted by Gasteiger charge is 2.69. The Morgan fingerprint density at radius 1 is 0.537 bits per heavy atom. The molecule has 3 saturated heterocycles. The molecule has 3 aliphatic rings. The van der Waals surface area contributed by atoms with Gasteiger partial charge in [0.1, 0.15) is 18.3 Å². The predicted molar refractivity (Wildman–Crippen MR) is 262 cm³/mol. The van der Waals surface area contributed by atoms with Crippen molar-refractivity contribution in [3.8, 4) is 0 Å². The molecule has 0 radical (unpaired) electrons. The number of nitrogens with zero attached hydrogens (tertiary/aromatic N) is 12. The van der Waals surface area contributed by atoms with E-state index in [0.717, 1.165) is 32.7 Å². The van der Waals surface area contributed by atoms with Gasteiger partial charge in [0.25, 0.3) is 16.7 Å². The summed E-state index contributed by atoms with van der Waals surface area (Å²) >= 11 is 0. The lowest BCUT2D eigenvalue weighted by atomic mass is 10.1. The van der Waals surface area contributed by atoms with Gasteiger partial charge in [-0.15, -0.1) is 0 Å². The maximum atomic E-state index is 15.8. The van der Waals surface area contributed by atoms with E-state index in [1.54, 1.807) is 0 Å². The van der Waals surface area contributed by atoms with E-state index < -0.39 is 204 Å². The molecule has 6 aromatic heterocycles. The van der Waals surface area contributed by atoms with Crippen molar-refractivity contribution in [3.05, 3.63) is 50.0 Å². The maximum Gasteiger partial charge on any atom is 0.483 e. The summed E-state index contributed by atoms with van der Waals surface area (Å²) in [6.07, 6.45) is -19.3. The van der Waals surface area contributed by atoms with E-state index in [0.29, 0.717) is 13.7 Å². The normalized spacial score (nSPS) is 29.2. The number of phosphoric acid groups is 1. The first-order valence-corrected chi connectivity index (χ1v) is 25.5. The molecule has 0 spiro atoms. The van der Waals surface area contributed by atoms with Crippen LogP contribution in [0.15, 0.2) is 33.4 Å². The van der Waals surface area contributed by atoms with Crippen LogP contribution in [0.25, 0.3) is 33.5 Å². The van der Waals surface area contributed by atoms with Crippen LogP contribution in [0.4, 0.5) is 17.8 Å². The first kappa shape index (κ1) is 57.8. The molecule has 3 aliphatic heterocycles. The van der Waals surface area contributed by atoms with Gasteiger partial charge in [0.05, 0.1) is 38.8 Å². The van der Waals surface area contributed by atoms with Gasteiger partial charge >= 0.3 is 7.82 Å². The highest BCUT2D eigenvalue weighted by atomic mass is 31.2. The van der Waals surface area contributed by atoms with Crippen molar-refractivity contribution in [2.45, 2.75) is 114 Å². The summed E-state index contributed by atoms with van der Waals surface area (Å²) in [5.74, 6) is -18.0. The van der Waals surface area contributed by atoms with Crippen molar-refractivity contribution in [1.29, 1.82) is 0 Å². The first-order valence-electron chi connectivity index (χ1n) is 24.0. The summed E-state index contributed by atoms with van der Waals surface area (Å²) in [7, 11) is -6.67. The van der Waals surface area contributed by atoms with Crippen LogP contribution in [0.5, 0.6) is 0 Å². The molecule has 6 aromatic rings. The number of nitrogens with two attached hydrogens (primary N) is 3. The molecule has 0 amide bonds. The van der Waals surface area contributed by atoms with Crippen molar-refractivity contribution in [2.24, 2.45) is 17.8 Å². The number of anilines is 3. The third kappa shape index (κ3) is 8.72. The number of phosphoric ester groups is 1. The van der Waals surface area contributed by atoms with Gasteiger partial charge < -0.3 is 77.4 Å². The summed E-state index contributed by atoms with van der Waals surface area (Å²) < 4.78 is 53.5. The molecule has 0 bridgehead atoms. The highest BCUT2D eigenvalue weighted by molar-refractivity contribution is 7.48. The van der Waals surface area contributed by atoms with Gasteiger partial charge in [-0.1, -0.05) is 41.5 Å². The molecule has 12 atom stereocenters. The molecular formula is C42H54N15O22P. The Labute approximate surface area is 445 Å². The van der Waals surface area contributed by atoms with E-state index in [1.165, 1.54) is 41.5 Å². The summed E-state index contributed by atoms with van der Waals surface area (Å²) in [5.41, 5.74) is 11.5. The number of aliphatic hydroxyl groups excluding tert-OH is 6. The van der Waals surface area contributed by atoms with Crippen molar-refractivity contribution in [2.75, 3.05) is 37.0 Å². The lowest BCUT2D eigenvalue weighted by Gasteiger charge is -2.40. The zero-order valence-electron chi connectivity index (χ0n) is 42.7. The van der Waals surface area contributed by atoms with Gasteiger partial charge in [0.2, 0.25) is 52.9 Å². The van der Waals surface area contributed by atoms with E-state index in [9.17, 15) is 74.7 Å². The number of imidazole rings is 3. The molecular weight excluding hydrogens is 1100 g/mol. The lowest BCUT2D eigenvalue weighted by Crippen LogP contribution is -2.56. The average Bonchev–Trinajstić information content (AvgIpc) is 4.27. The minimum Gasteiger partial charge on any atom is -0.393 e. The van der Waals surface area contributed by atoms with Crippen LogP contribution < -0.4 is 33.9 Å². The Morgan fingerprint density at radius 2 is 0.775 bits per heavy atom. The Balaban J connectivity index is 1.14. The number of ether oxygens (including phenoxy) is 3. The zero-order valence-corrected chi connectivity index (χ0v) is 43.6. The van der Waals surface area contributed by atoms with E-state index in [1.807, 2.05) is 0 Å². The molecule has 9 rings (SSSR count). The molecule has 3 fully saturated rings. The average molecular weight is 1150 g/mol. The van der Waals surface area contributed by atoms with Crippen molar-refractivity contribution in [1.82, 2.24) is 57.3 Å². The van der Waals surface area contributed by atoms with Crippen LogP contribution in [-0.4, -0.2) is 195 Å². The summed E-state index contributed by atoms with van der Waals surface area (Å²) in [6, 6.07) is 0. The number of aliphatic hydroxyl groups is 9. The number of aromatic nitrogens is 12. The smallest absolute Gasteiger partial charge is 0.393 e. The van der Waals surface area contributed by atoms with Gasteiger partial charge in [0, 0.05) is 17.8 Å². The second-order valence-electron chi connectivity index (χ2n) is 19.7. The number of hydrogen-bond donors (Lipinski definition) is 12. The molecule has 0 saturated carbocycles. The second kappa shape index (κ2) is 20.3. The third-order valence-electron chi connectivity index (χ3n) is 13.5. The zero-order chi connectivity index (χ0) is 58.8. The molecule has 38 heteroatoms. The van der Waals surface area contributed by atoms with Gasteiger partial charge in [-0.2, -0.15) is 15.0 Å². The van der Waals surface area contributed by atoms with Crippen molar-refractivity contribution >= 4 is 76.9 Å². The quantitative estimate of drug-likeness (QED) is 0.0337. The molecule has 0 aromatic carbocycles. The summed E-state index contributed by atoms with van der Waals surface area (Å²) in [4.78, 5) is 103. The maximum absolute atomic E-state index is 15.8. The van der Waals surface area contributed by atoms with Crippen LogP contribution in [0.3, 0.4) is 0 Å². The fourth-order valence-corrected chi connectivity index (χ4v) is 11.1. The monoisotopic (exact) mass is 1150 g/mol. The van der Waals surface area contributed by atoms with Crippen LogP contribution in [0.1, 0.15) is 74.6 Å². The van der Waals surface area contributed by atoms with Crippen LogP contribution in [0, 0.1) is 17.8 Å². The summed E-state index contributed by atoms with van der Waals surface area (Å²) in [6.45, 7) is 4.52. The highest BCUT2D eigenvalue weighted by Crippen LogP contribution is 2.64. The Hall–Kier alpha value is -6.91. The van der Waals surface area contributed by atoms with E-state index in [2.05, 4.69) is 29.9 Å². The number of nitrogen functional groups attached to an aromatic ring is 3. The standard InChI is InChI=1S/C42H54N15O22P/c1-13(2)28(64)55-31(67)19-25(49-37(55)43)52(10-46-19)34-22(61)40(70,16(7-58)74-34)77-80(73,78-41(71)17(8-59)75-35(23(41)62)53-11-47-20-26(53)50-38(44)56(32(20)68)29(65)14(3)4)79-42(72)18(9-60)76-36(24(42)63)54-12-48-21-27(54)51-39(45)57(33(21)69)30(66)15(5)6/h10-18,22-24,34-36,58-63,70-72H,7-9H2,1-6H3,(H2,43,49)(H2,44,50)(H2,45,51)/t16-,17-,18-,22+,23+,24+,34-,35-,36-,40+,41+,42+/m1/s1. The SMILES string of the molecule is CC(C)C(=O)n1c(N)nc2c(ncn2[C@@H]2O[C@H](CO)[C@](O)(OP(=O)(O[C@@]3(O)[C@@H](CO)O[C@@H](n4cnc5c(=O)n(C(=O)C(C)C)c(N)nc54)[C@@H]3O)O[C@@]3(O)[C@@H](CO)O[C@@H](n4cnc5c(=O)n(C(=O)C(C)C)c(N)nc54)[C@@H]3O)[C@H]2O)c1=O. The number of rotatable bonds is 15. The molecule has 0 unspecified atom stereocenters. The molecule has 434 valence electrons. The van der Waals surface area contributed by atoms with Crippen LogP contribution in [-0.2, 0) is 32.3 Å². The summed E-state index contributed by atoms with van der Waals surface area (Å²) in [5, 5.41) is 105. The topological polar surface area (TPSA) is 542 Å². The number of hydrogen-bond acceptors (Lipinski definition) is 31. The van der Waals surface area contributed by atoms with Gasteiger partial charge in [-0.05, 0) is 0 Å². The number of carbonyl (C=O) groups excluding carboxylic acids is 3. The van der Waals surface area contributed by atoms with Crippen molar-refractivity contribution in [3.63, 3.8) is 0 Å². The number of carbonyl (C=O) groups is 3. The van der Waals surface area contributed by atoms with Gasteiger partial charge in [-0.25, -0.2) is 46.8 Å². The lowest BCUT2D eigenvalue weighted by molar-refractivity contribution is -0.283. The minimum atomic E-state index is -6.67. The molecule has 80 heavy (non-hydrogen) atoms. The Kier molecular flexibility index (Phi) is 14.6. The fourth-order valence-electron chi connectivity index (χ4n) is 9.24. The minimum absolute atomic E-state index is 0.516. The van der Waals surface area contributed by atoms with E-state index in [4.69, 9.17) is 45.0 Å². The Morgan fingerprint density at radius 3 is 0.988 bits per heavy atom. The molecule has 15 N–H and O–H groups in total. The second-order valence-corrected chi connectivity index (χ2v) is 21.1.